The van der Waals surface area contributed by atoms with Crippen LogP contribution in [0.25, 0.3) is 5.69 Å². The lowest BCUT2D eigenvalue weighted by molar-refractivity contribution is -0.118. The van der Waals surface area contributed by atoms with Crippen LogP contribution >= 0.6 is 11.8 Å². The van der Waals surface area contributed by atoms with Crippen LogP contribution in [0.4, 0.5) is 0 Å². The molecule has 0 bridgehead atoms. The number of amides is 1. The average molecular weight is 487 g/mol. The number of sulfonamides is 1. The molecule has 3 aromatic rings. The molecule has 0 spiro atoms. The number of thioether (sulfide) groups is 1. The molecule has 3 rings (SSSR count). The standard InChI is InChI=1S/C24H30N4O3S2/c1-17(2)27-33(30,31)16-21-10-8-20(9-11-21)14-26-23(29)15-32-24-25-12-13-28(24)22-7-5-6-18(3)19(22)4/h5-13,17,27H,14-16H2,1-4H3,(H,26,29). The van der Waals surface area contributed by atoms with E-state index in [4.69, 9.17) is 0 Å². The van der Waals surface area contributed by atoms with Crippen LogP contribution in [0.5, 0.6) is 0 Å². The minimum Gasteiger partial charge on any atom is -0.351 e. The Labute approximate surface area is 200 Å². The molecule has 1 heterocycles. The normalized spacial score (nSPS) is 11.7. The van der Waals surface area contributed by atoms with Crippen LogP contribution in [0.2, 0.25) is 0 Å². The monoisotopic (exact) mass is 486 g/mol. The van der Waals surface area contributed by atoms with Gasteiger partial charge in [-0.05, 0) is 56.0 Å². The summed E-state index contributed by atoms with van der Waals surface area (Å²) in [7, 11) is -3.36. The predicted molar refractivity (Wildman–Crippen MR) is 133 cm³/mol. The van der Waals surface area contributed by atoms with E-state index in [9.17, 15) is 13.2 Å². The number of benzene rings is 2. The smallest absolute Gasteiger partial charge is 0.230 e. The van der Waals surface area contributed by atoms with Crippen LogP contribution < -0.4 is 10.0 Å². The first kappa shape index (κ1) is 25.0. The molecule has 0 aliphatic rings. The summed E-state index contributed by atoms with van der Waals surface area (Å²) in [6, 6.07) is 13.2. The Morgan fingerprint density at radius 2 is 1.79 bits per heavy atom. The maximum atomic E-state index is 12.4. The van der Waals surface area contributed by atoms with Crippen molar-refractivity contribution in [3.05, 3.63) is 77.1 Å². The highest BCUT2D eigenvalue weighted by molar-refractivity contribution is 7.99. The first-order chi connectivity index (χ1) is 15.6. The van der Waals surface area contributed by atoms with E-state index < -0.39 is 10.0 Å². The Kier molecular flexibility index (Phi) is 8.34. The van der Waals surface area contributed by atoms with Gasteiger partial charge < -0.3 is 5.32 Å². The van der Waals surface area contributed by atoms with Crippen LogP contribution in [-0.4, -0.2) is 35.7 Å². The maximum absolute atomic E-state index is 12.4. The maximum Gasteiger partial charge on any atom is 0.230 e. The van der Waals surface area contributed by atoms with Crippen molar-refractivity contribution in [1.82, 2.24) is 19.6 Å². The summed E-state index contributed by atoms with van der Waals surface area (Å²) in [4.78, 5) is 16.8. The SMILES string of the molecule is Cc1cccc(-n2ccnc2SCC(=O)NCc2ccc(CS(=O)(=O)NC(C)C)cc2)c1C. The van der Waals surface area contributed by atoms with Crippen LogP contribution in [0, 0.1) is 13.8 Å². The van der Waals surface area contributed by atoms with Crippen molar-refractivity contribution in [1.29, 1.82) is 0 Å². The van der Waals surface area contributed by atoms with Gasteiger partial charge in [0.05, 0.1) is 17.2 Å². The second-order valence-electron chi connectivity index (χ2n) is 8.21. The van der Waals surface area contributed by atoms with Gasteiger partial charge in [-0.25, -0.2) is 18.1 Å². The van der Waals surface area contributed by atoms with Crippen molar-refractivity contribution in [3.8, 4) is 5.69 Å². The molecule has 0 saturated carbocycles. The molecular weight excluding hydrogens is 456 g/mol. The number of aromatic nitrogens is 2. The second-order valence-corrected chi connectivity index (χ2v) is 10.9. The fourth-order valence-corrected chi connectivity index (χ4v) is 5.56. The third kappa shape index (κ3) is 7.18. The summed E-state index contributed by atoms with van der Waals surface area (Å²) in [6.07, 6.45) is 3.64. The summed E-state index contributed by atoms with van der Waals surface area (Å²) in [5, 5.41) is 3.67. The van der Waals surface area contributed by atoms with Crippen molar-refractivity contribution >= 4 is 27.7 Å². The molecule has 176 valence electrons. The Morgan fingerprint density at radius 3 is 2.48 bits per heavy atom. The number of nitrogens with zero attached hydrogens (tertiary/aromatic N) is 2. The molecule has 0 saturated heterocycles. The van der Waals surface area contributed by atoms with Gasteiger partial charge in [0.15, 0.2) is 5.16 Å². The molecule has 1 aromatic heterocycles. The number of imidazole rings is 1. The lowest BCUT2D eigenvalue weighted by Gasteiger charge is -2.12. The number of carbonyl (C=O) groups is 1. The van der Waals surface area contributed by atoms with Gasteiger partial charge in [0.1, 0.15) is 0 Å². The fraction of sp³-hybridized carbons (Fsp3) is 0.333. The number of aryl methyl sites for hydroxylation is 1. The summed E-state index contributed by atoms with van der Waals surface area (Å²) in [6.45, 7) is 8.11. The van der Waals surface area contributed by atoms with E-state index in [1.54, 1.807) is 32.2 Å². The van der Waals surface area contributed by atoms with E-state index in [0.29, 0.717) is 12.1 Å². The summed E-state index contributed by atoms with van der Waals surface area (Å²) < 4.78 is 28.7. The van der Waals surface area contributed by atoms with E-state index in [1.165, 1.54) is 22.9 Å². The topological polar surface area (TPSA) is 93.1 Å². The molecule has 0 unspecified atom stereocenters. The number of hydrogen-bond acceptors (Lipinski definition) is 5. The minimum absolute atomic E-state index is 0.0679. The van der Waals surface area contributed by atoms with E-state index in [2.05, 4.69) is 34.9 Å². The zero-order valence-electron chi connectivity index (χ0n) is 19.3. The van der Waals surface area contributed by atoms with Crippen molar-refractivity contribution in [2.45, 2.75) is 51.2 Å². The van der Waals surface area contributed by atoms with Gasteiger partial charge in [0.25, 0.3) is 0 Å². The molecular formula is C24H30N4O3S2. The van der Waals surface area contributed by atoms with Gasteiger partial charge in [-0.3, -0.25) is 9.36 Å². The van der Waals surface area contributed by atoms with Gasteiger partial charge in [0.2, 0.25) is 15.9 Å². The first-order valence-electron chi connectivity index (χ1n) is 10.7. The molecule has 1 amide bonds. The van der Waals surface area contributed by atoms with Gasteiger partial charge in [-0.2, -0.15) is 0 Å². The molecule has 2 N–H and O–H groups in total. The summed E-state index contributed by atoms with van der Waals surface area (Å²) in [5.74, 6) is 0.0870. The number of hydrogen-bond donors (Lipinski definition) is 2. The number of carbonyl (C=O) groups excluding carboxylic acids is 1. The van der Waals surface area contributed by atoms with Crippen molar-refractivity contribution < 1.29 is 13.2 Å². The third-order valence-electron chi connectivity index (χ3n) is 5.06. The highest BCUT2D eigenvalue weighted by Gasteiger charge is 2.13. The highest BCUT2D eigenvalue weighted by Crippen LogP contribution is 2.24. The molecule has 0 atom stereocenters. The van der Waals surface area contributed by atoms with E-state index in [1.807, 2.05) is 35.0 Å². The van der Waals surface area contributed by atoms with E-state index >= 15 is 0 Å². The van der Waals surface area contributed by atoms with Crippen LogP contribution in [0.1, 0.15) is 36.1 Å². The molecule has 0 aliphatic carbocycles. The quantitative estimate of drug-likeness (QED) is 0.426. The molecule has 0 aliphatic heterocycles. The van der Waals surface area contributed by atoms with Crippen LogP contribution in [-0.2, 0) is 27.1 Å². The Bertz CT molecular complexity index is 1200. The number of nitrogens with one attached hydrogen (secondary N) is 2. The highest BCUT2D eigenvalue weighted by atomic mass is 32.2. The molecule has 7 nitrogen and oxygen atoms in total. The largest absolute Gasteiger partial charge is 0.351 e. The second kappa shape index (κ2) is 11.0. The van der Waals surface area contributed by atoms with Gasteiger partial charge in [0, 0.05) is 25.0 Å². The third-order valence-corrected chi connectivity index (χ3v) is 7.57. The molecule has 9 heteroatoms. The predicted octanol–water partition coefficient (Wildman–Crippen LogP) is 3.73. The van der Waals surface area contributed by atoms with E-state index in [0.717, 1.165) is 16.4 Å². The zero-order valence-corrected chi connectivity index (χ0v) is 21.0. The molecule has 0 radical (unpaired) electrons. The number of rotatable bonds is 10. The van der Waals surface area contributed by atoms with Crippen molar-refractivity contribution in [2.24, 2.45) is 0 Å². The van der Waals surface area contributed by atoms with Gasteiger partial charge in [-0.15, -0.1) is 0 Å². The Balaban J connectivity index is 1.52. The van der Waals surface area contributed by atoms with Gasteiger partial charge >= 0.3 is 0 Å². The average Bonchev–Trinajstić information content (AvgIpc) is 3.21. The summed E-state index contributed by atoms with van der Waals surface area (Å²) in [5.41, 5.74) is 5.05. The zero-order chi connectivity index (χ0) is 24.0. The fourth-order valence-electron chi connectivity index (χ4n) is 3.33. The molecule has 33 heavy (non-hydrogen) atoms. The van der Waals surface area contributed by atoms with Crippen molar-refractivity contribution in [3.63, 3.8) is 0 Å². The van der Waals surface area contributed by atoms with Crippen LogP contribution in [0.15, 0.2) is 60.0 Å². The van der Waals surface area contributed by atoms with Crippen LogP contribution in [0.3, 0.4) is 0 Å². The Morgan fingerprint density at radius 1 is 1.09 bits per heavy atom. The lowest BCUT2D eigenvalue weighted by atomic mass is 10.1. The molecule has 0 fully saturated rings. The summed E-state index contributed by atoms with van der Waals surface area (Å²) >= 11 is 1.39. The van der Waals surface area contributed by atoms with Gasteiger partial charge in [-0.1, -0.05) is 48.2 Å². The van der Waals surface area contributed by atoms with Crippen molar-refractivity contribution in [2.75, 3.05) is 5.75 Å². The molecule has 2 aromatic carbocycles. The van der Waals surface area contributed by atoms with E-state index in [-0.39, 0.29) is 23.5 Å². The lowest BCUT2D eigenvalue weighted by Crippen LogP contribution is -2.31. The first-order valence-corrected chi connectivity index (χ1v) is 13.4. The Hall–Kier alpha value is -2.62. The minimum atomic E-state index is -3.36.